The maximum atomic E-state index is 11.3. The van der Waals surface area contributed by atoms with E-state index >= 15 is 0 Å². The lowest BCUT2D eigenvalue weighted by molar-refractivity contribution is -0.135. The standard InChI is InChI=1S/C60H86O12/c1-64-58(61)40-31-51-25-34-54(35-26-51)69-45-21-15-9-4-7-13-19-43-67-49-57(72-48-24-18-12-6-11-17-23-47-71-56-38-29-53(30-39-56)33-42-60(63)66-3)50-68-44-20-14-8-5-10-16-22-46-70-55-36-27-52(28-37-55)32-41-59(62)65-2/h25-42,57H,4-24,43-50H2,1-3H3. The lowest BCUT2D eigenvalue weighted by Gasteiger charge is -2.18. The van der Waals surface area contributed by atoms with E-state index in [2.05, 4.69) is 14.2 Å². The molecule has 398 valence electrons. The van der Waals surface area contributed by atoms with Crippen molar-refractivity contribution in [3.63, 3.8) is 0 Å². The van der Waals surface area contributed by atoms with Crippen molar-refractivity contribution in [3.8, 4) is 17.2 Å². The molecule has 0 spiro atoms. The molecule has 0 unspecified atom stereocenters. The van der Waals surface area contributed by atoms with Crippen molar-refractivity contribution in [2.24, 2.45) is 0 Å². The molecule has 3 aromatic carbocycles. The van der Waals surface area contributed by atoms with Gasteiger partial charge in [-0.1, -0.05) is 133 Å². The van der Waals surface area contributed by atoms with Gasteiger partial charge in [0.1, 0.15) is 23.4 Å². The van der Waals surface area contributed by atoms with E-state index in [-0.39, 0.29) is 24.0 Å². The van der Waals surface area contributed by atoms with Crippen molar-refractivity contribution in [3.05, 3.63) is 108 Å². The first-order valence-corrected chi connectivity index (χ1v) is 26.6. The lowest BCUT2D eigenvalue weighted by Crippen LogP contribution is -2.26. The molecular formula is C60H86O12. The van der Waals surface area contributed by atoms with E-state index in [4.69, 9.17) is 28.4 Å². The first-order chi connectivity index (χ1) is 35.4. The van der Waals surface area contributed by atoms with Gasteiger partial charge in [0.15, 0.2) is 0 Å². The highest BCUT2D eigenvalue weighted by molar-refractivity contribution is 5.88. The van der Waals surface area contributed by atoms with Gasteiger partial charge in [-0.15, -0.1) is 0 Å². The predicted molar refractivity (Wildman–Crippen MR) is 287 cm³/mol. The third-order valence-electron chi connectivity index (χ3n) is 11.9. The zero-order valence-corrected chi connectivity index (χ0v) is 43.9. The van der Waals surface area contributed by atoms with Gasteiger partial charge in [-0.2, -0.15) is 0 Å². The molecule has 12 nitrogen and oxygen atoms in total. The van der Waals surface area contributed by atoms with Crippen LogP contribution in [-0.4, -0.2) is 98.2 Å². The van der Waals surface area contributed by atoms with Gasteiger partial charge in [-0.25, -0.2) is 14.4 Å². The van der Waals surface area contributed by atoms with E-state index in [1.54, 1.807) is 18.2 Å². The van der Waals surface area contributed by atoms with Crippen molar-refractivity contribution >= 4 is 36.1 Å². The summed E-state index contributed by atoms with van der Waals surface area (Å²) in [5, 5.41) is 0. The van der Waals surface area contributed by atoms with E-state index in [0.29, 0.717) is 33.0 Å². The number of hydrogen-bond donors (Lipinski definition) is 0. The van der Waals surface area contributed by atoms with Crippen LogP contribution in [0.1, 0.15) is 152 Å². The number of ether oxygens (including phenoxy) is 9. The van der Waals surface area contributed by atoms with Gasteiger partial charge in [0.25, 0.3) is 0 Å². The van der Waals surface area contributed by atoms with Crippen LogP contribution in [0.2, 0.25) is 0 Å². The molecule has 3 aromatic rings. The molecule has 0 fully saturated rings. The summed E-state index contributed by atoms with van der Waals surface area (Å²) >= 11 is 0. The second kappa shape index (κ2) is 42.1. The van der Waals surface area contributed by atoms with Crippen molar-refractivity contribution < 1.29 is 57.0 Å². The van der Waals surface area contributed by atoms with Gasteiger partial charge in [0.2, 0.25) is 0 Å². The van der Waals surface area contributed by atoms with E-state index in [1.165, 1.54) is 97.3 Å². The average Bonchev–Trinajstić information content (AvgIpc) is 3.41. The van der Waals surface area contributed by atoms with Crippen molar-refractivity contribution in [2.45, 2.75) is 141 Å². The smallest absolute Gasteiger partial charge is 0.330 e. The summed E-state index contributed by atoms with van der Waals surface area (Å²) in [6.45, 7) is 5.45. The number of unbranched alkanes of at least 4 members (excludes halogenated alkanes) is 18. The average molecular weight is 999 g/mol. The molecule has 0 heterocycles. The van der Waals surface area contributed by atoms with Crippen LogP contribution >= 0.6 is 0 Å². The van der Waals surface area contributed by atoms with Crippen LogP contribution < -0.4 is 14.2 Å². The Morgan fingerprint density at radius 2 is 0.597 bits per heavy atom. The minimum atomic E-state index is -0.371. The summed E-state index contributed by atoms with van der Waals surface area (Å²) in [5.74, 6) is 1.41. The molecule has 0 bridgehead atoms. The SMILES string of the molecule is COC(=O)C=Cc1ccc(OCCCCCCCCCOCC(COCCCCCCCCCOc2ccc(C=CC(=O)OC)cc2)OCCCCCCCCCOc2ccc(C=CC(=O)OC)cc2)cc1. The molecule has 0 aromatic heterocycles. The van der Waals surface area contributed by atoms with E-state index in [1.807, 2.05) is 72.8 Å². The number of methoxy groups -OCH3 is 3. The van der Waals surface area contributed by atoms with Crippen molar-refractivity contribution in [1.82, 2.24) is 0 Å². The zero-order chi connectivity index (χ0) is 51.4. The molecule has 72 heavy (non-hydrogen) atoms. The number of benzene rings is 3. The second-order valence-corrected chi connectivity index (χ2v) is 17.9. The molecule has 0 N–H and O–H groups in total. The zero-order valence-electron chi connectivity index (χ0n) is 43.9. The normalized spacial score (nSPS) is 11.9. The number of carbonyl (C=O) groups excluding carboxylic acids is 3. The van der Waals surface area contributed by atoms with Crippen LogP contribution in [0.15, 0.2) is 91.0 Å². The molecule has 0 aliphatic carbocycles. The monoisotopic (exact) mass is 999 g/mol. The molecule has 0 saturated carbocycles. The fraction of sp³-hybridized carbons (Fsp3) is 0.550. The highest BCUT2D eigenvalue weighted by atomic mass is 16.6. The molecule has 0 aliphatic rings. The molecule has 0 radical (unpaired) electrons. The largest absolute Gasteiger partial charge is 0.494 e. The lowest BCUT2D eigenvalue weighted by atomic mass is 10.1. The molecule has 0 amide bonds. The van der Waals surface area contributed by atoms with Gasteiger partial charge < -0.3 is 42.6 Å². The second-order valence-electron chi connectivity index (χ2n) is 17.9. The molecule has 0 atom stereocenters. The summed E-state index contributed by atoms with van der Waals surface area (Å²) in [7, 11) is 4.10. The Kier molecular flexibility index (Phi) is 35.6. The first-order valence-electron chi connectivity index (χ1n) is 26.6. The highest BCUT2D eigenvalue weighted by Crippen LogP contribution is 2.18. The van der Waals surface area contributed by atoms with Crippen LogP contribution in [0.3, 0.4) is 0 Å². The fourth-order valence-electron chi connectivity index (χ4n) is 7.58. The van der Waals surface area contributed by atoms with E-state index in [0.717, 1.165) is 131 Å². The Labute approximate surface area is 431 Å². The third kappa shape index (κ3) is 32.5. The highest BCUT2D eigenvalue weighted by Gasteiger charge is 2.11. The van der Waals surface area contributed by atoms with E-state index in [9.17, 15) is 14.4 Å². The Bertz CT molecular complexity index is 1810. The predicted octanol–water partition coefficient (Wildman–Crippen LogP) is 13.4. The number of esters is 3. The third-order valence-corrected chi connectivity index (χ3v) is 11.9. The van der Waals surface area contributed by atoms with Gasteiger partial charge in [0.05, 0.1) is 54.4 Å². The first kappa shape index (κ1) is 60.9. The van der Waals surface area contributed by atoms with Crippen LogP contribution in [0, 0.1) is 0 Å². The van der Waals surface area contributed by atoms with E-state index < -0.39 is 0 Å². The van der Waals surface area contributed by atoms with Crippen molar-refractivity contribution in [1.29, 1.82) is 0 Å². The summed E-state index contributed by atoms with van der Waals surface area (Å²) in [5.41, 5.74) is 2.77. The summed E-state index contributed by atoms with van der Waals surface area (Å²) in [4.78, 5) is 33.9. The molecular weight excluding hydrogens is 913 g/mol. The maximum absolute atomic E-state index is 11.3. The van der Waals surface area contributed by atoms with Crippen LogP contribution in [0.5, 0.6) is 17.2 Å². The summed E-state index contributed by atoms with van der Waals surface area (Å²) in [6, 6.07) is 23.1. The van der Waals surface area contributed by atoms with Gasteiger partial charge in [0, 0.05) is 38.0 Å². The Hall–Kier alpha value is -5.43. The molecule has 12 heteroatoms. The summed E-state index contributed by atoms with van der Waals surface area (Å²) < 4.78 is 50.2. The molecule has 0 saturated heterocycles. The van der Waals surface area contributed by atoms with Gasteiger partial charge >= 0.3 is 17.9 Å². The molecule has 0 aliphatic heterocycles. The Morgan fingerprint density at radius 3 is 0.875 bits per heavy atom. The fourth-order valence-corrected chi connectivity index (χ4v) is 7.58. The van der Waals surface area contributed by atoms with Gasteiger partial charge in [-0.3, -0.25) is 0 Å². The topological polar surface area (TPSA) is 134 Å². The van der Waals surface area contributed by atoms with Crippen LogP contribution in [-0.2, 0) is 42.8 Å². The Morgan fingerprint density at radius 1 is 0.347 bits per heavy atom. The Balaban J connectivity index is 1.21. The van der Waals surface area contributed by atoms with Crippen molar-refractivity contribution in [2.75, 3.05) is 74.2 Å². The van der Waals surface area contributed by atoms with Gasteiger partial charge in [-0.05, 0) is 110 Å². The quantitative estimate of drug-likeness (QED) is 0.0231. The maximum Gasteiger partial charge on any atom is 0.330 e. The minimum Gasteiger partial charge on any atom is -0.494 e. The van der Waals surface area contributed by atoms with Crippen LogP contribution in [0.4, 0.5) is 0 Å². The van der Waals surface area contributed by atoms with Crippen LogP contribution in [0.25, 0.3) is 18.2 Å². The number of carbonyl (C=O) groups is 3. The number of rotatable bonds is 44. The molecule has 3 rings (SSSR count). The minimum absolute atomic E-state index is 0.0512. The number of hydrogen-bond acceptors (Lipinski definition) is 12. The summed E-state index contributed by atoms with van der Waals surface area (Å²) in [6.07, 6.45) is 33.4.